The average Bonchev–Trinajstić information content (AvgIpc) is 3.12. The van der Waals surface area contributed by atoms with Crippen molar-refractivity contribution in [3.63, 3.8) is 0 Å². The lowest BCUT2D eigenvalue weighted by molar-refractivity contribution is -0.141. The van der Waals surface area contributed by atoms with Crippen molar-refractivity contribution in [2.45, 2.75) is 6.18 Å². The molecule has 3 nitrogen and oxygen atoms in total. The van der Waals surface area contributed by atoms with Crippen molar-refractivity contribution < 1.29 is 17.6 Å². The van der Waals surface area contributed by atoms with Crippen LogP contribution in [0.4, 0.5) is 17.6 Å². The van der Waals surface area contributed by atoms with Gasteiger partial charge in [-0.1, -0.05) is 18.2 Å². The van der Waals surface area contributed by atoms with Gasteiger partial charge in [0.15, 0.2) is 5.69 Å². The number of halogens is 4. The fourth-order valence-electron chi connectivity index (χ4n) is 2.72. The normalized spacial score (nSPS) is 11.8. The first-order valence-electron chi connectivity index (χ1n) is 7.71. The first-order chi connectivity index (χ1) is 12.4. The highest BCUT2D eigenvalue weighted by molar-refractivity contribution is 5.89. The molecule has 130 valence electrons. The molecule has 2 aromatic carbocycles. The summed E-state index contributed by atoms with van der Waals surface area (Å²) in [5.74, 6) is -0.378. The maximum atomic E-state index is 13.2. The smallest absolute Gasteiger partial charge is 0.248 e. The molecule has 0 spiro atoms. The van der Waals surface area contributed by atoms with Gasteiger partial charge in [0.25, 0.3) is 0 Å². The number of hydrogen-bond donors (Lipinski definition) is 0. The van der Waals surface area contributed by atoms with E-state index in [9.17, 15) is 17.6 Å². The molecule has 0 saturated carbocycles. The van der Waals surface area contributed by atoms with Crippen molar-refractivity contribution in [3.8, 4) is 16.9 Å². The predicted octanol–water partition coefficient (Wildman–Crippen LogP) is 5.25. The summed E-state index contributed by atoms with van der Waals surface area (Å²) in [6, 6.07) is 15.4. The number of pyridine rings is 1. The third-order valence-corrected chi connectivity index (χ3v) is 3.96. The Morgan fingerprint density at radius 1 is 0.885 bits per heavy atom. The number of alkyl halides is 3. The number of hydrogen-bond acceptors (Lipinski definition) is 2. The van der Waals surface area contributed by atoms with Crippen LogP contribution in [0, 0.1) is 5.82 Å². The van der Waals surface area contributed by atoms with E-state index in [-0.39, 0.29) is 5.82 Å². The lowest BCUT2D eigenvalue weighted by Crippen LogP contribution is -2.07. The number of fused-ring (bicyclic) bond motifs is 1. The number of benzene rings is 2. The van der Waals surface area contributed by atoms with Crippen LogP contribution in [0.1, 0.15) is 5.69 Å². The molecule has 7 heteroatoms. The average molecular weight is 357 g/mol. The highest BCUT2D eigenvalue weighted by atomic mass is 19.4. The summed E-state index contributed by atoms with van der Waals surface area (Å²) >= 11 is 0. The first-order valence-corrected chi connectivity index (χ1v) is 7.71. The van der Waals surface area contributed by atoms with Crippen LogP contribution < -0.4 is 0 Å². The molecule has 0 bridgehead atoms. The van der Waals surface area contributed by atoms with E-state index in [0.29, 0.717) is 27.8 Å². The second-order valence-electron chi connectivity index (χ2n) is 5.69. The number of nitrogens with zero attached hydrogens (tertiary/aromatic N) is 3. The van der Waals surface area contributed by atoms with Crippen LogP contribution in [0.5, 0.6) is 0 Å². The van der Waals surface area contributed by atoms with Crippen molar-refractivity contribution in [2.24, 2.45) is 0 Å². The van der Waals surface area contributed by atoms with Crippen LogP contribution in [-0.4, -0.2) is 14.8 Å². The minimum atomic E-state index is -4.52. The van der Waals surface area contributed by atoms with Gasteiger partial charge in [-0.3, -0.25) is 0 Å². The lowest BCUT2D eigenvalue weighted by Gasteiger charge is -2.10. The van der Waals surface area contributed by atoms with E-state index in [1.165, 1.54) is 23.0 Å². The number of para-hydroxylation sites is 1. The number of aromatic nitrogens is 3. The molecule has 4 rings (SSSR count). The van der Waals surface area contributed by atoms with Gasteiger partial charge < -0.3 is 0 Å². The third-order valence-electron chi connectivity index (χ3n) is 3.96. The summed E-state index contributed by atoms with van der Waals surface area (Å²) in [6.45, 7) is 0. The summed E-state index contributed by atoms with van der Waals surface area (Å²) in [6.07, 6.45) is -3.26. The SMILES string of the molecule is Fc1ccc(-c2cc(-n3ccc(C(F)(F)F)n3)c3ccccc3n2)cc1. The Bertz CT molecular complexity index is 1080. The van der Waals surface area contributed by atoms with Crippen LogP contribution >= 0.6 is 0 Å². The topological polar surface area (TPSA) is 30.7 Å². The molecule has 0 aliphatic rings. The first kappa shape index (κ1) is 16.3. The van der Waals surface area contributed by atoms with Gasteiger partial charge in [0.2, 0.25) is 0 Å². The van der Waals surface area contributed by atoms with Crippen molar-refractivity contribution in [2.75, 3.05) is 0 Å². The molecular formula is C19H11F4N3. The van der Waals surface area contributed by atoms with Gasteiger partial charge in [0, 0.05) is 17.1 Å². The van der Waals surface area contributed by atoms with Crippen molar-refractivity contribution in [1.29, 1.82) is 0 Å². The summed E-state index contributed by atoms with van der Waals surface area (Å²) < 4.78 is 53.0. The molecular weight excluding hydrogens is 346 g/mol. The molecule has 0 aliphatic heterocycles. The molecule has 2 aromatic heterocycles. The van der Waals surface area contributed by atoms with Gasteiger partial charge in [-0.15, -0.1) is 0 Å². The van der Waals surface area contributed by atoms with Gasteiger partial charge in [0.1, 0.15) is 5.82 Å². The maximum absolute atomic E-state index is 13.2. The van der Waals surface area contributed by atoms with Crippen LogP contribution in [0.2, 0.25) is 0 Å². The molecule has 0 fully saturated rings. The Balaban J connectivity index is 1.93. The van der Waals surface area contributed by atoms with E-state index < -0.39 is 11.9 Å². The van der Waals surface area contributed by atoms with Gasteiger partial charge in [-0.25, -0.2) is 14.1 Å². The van der Waals surface area contributed by atoms with Crippen LogP contribution in [0.25, 0.3) is 27.8 Å². The second-order valence-corrected chi connectivity index (χ2v) is 5.69. The highest BCUT2D eigenvalue weighted by Crippen LogP contribution is 2.30. The van der Waals surface area contributed by atoms with E-state index in [1.54, 1.807) is 42.5 Å². The van der Waals surface area contributed by atoms with E-state index in [2.05, 4.69) is 10.1 Å². The largest absolute Gasteiger partial charge is 0.435 e. The molecule has 0 unspecified atom stereocenters. The zero-order valence-corrected chi connectivity index (χ0v) is 13.2. The Kier molecular flexibility index (Phi) is 3.72. The third kappa shape index (κ3) is 2.92. The fourth-order valence-corrected chi connectivity index (χ4v) is 2.72. The molecule has 0 radical (unpaired) electrons. The Labute approximate surface area is 145 Å². The predicted molar refractivity (Wildman–Crippen MR) is 89.3 cm³/mol. The molecule has 0 amide bonds. The Morgan fingerprint density at radius 2 is 1.62 bits per heavy atom. The van der Waals surface area contributed by atoms with E-state index >= 15 is 0 Å². The molecule has 0 aliphatic carbocycles. The van der Waals surface area contributed by atoms with Crippen LogP contribution in [0.15, 0.2) is 66.9 Å². The number of rotatable bonds is 2. The van der Waals surface area contributed by atoms with Crippen LogP contribution in [-0.2, 0) is 6.18 Å². The maximum Gasteiger partial charge on any atom is 0.435 e. The van der Waals surface area contributed by atoms with Crippen molar-refractivity contribution in [1.82, 2.24) is 14.8 Å². The van der Waals surface area contributed by atoms with Gasteiger partial charge in [0.05, 0.1) is 16.9 Å². The summed E-state index contributed by atoms with van der Waals surface area (Å²) in [5.41, 5.74) is 1.27. The highest BCUT2D eigenvalue weighted by Gasteiger charge is 2.33. The molecule has 26 heavy (non-hydrogen) atoms. The van der Waals surface area contributed by atoms with Gasteiger partial charge in [-0.05, 0) is 42.5 Å². The Morgan fingerprint density at radius 3 is 2.31 bits per heavy atom. The minimum Gasteiger partial charge on any atom is -0.248 e. The summed E-state index contributed by atoms with van der Waals surface area (Å²) in [5, 5.41) is 4.32. The Hall–Kier alpha value is -3.22. The molecule has 2 heterocycles. The van der Waals surface area contributed by atoms with Gasteiger partial charge in [-0.2, -0.15) is 18.3 Å². The molecule has 4 aromatic rings. The quantitative estimate of drug-likeness (QED) is 0.459. The van der Waals surface area contributed by atoms with Gasteiger partial charge >= 0.3 is 6.18 Å². The summed E-state index contributed by atoms with van der Waals surface area (Å²) in [4.78, 5) is 4.53. The zero-order valence-electron chi connectivity index (χ0n) is 13.2. The molecule has 0 saturated heterocycles. The van der Waals surface area contributed by atoms with E-state index in [0.717, 1.165) is 6.07 Å². The van der Waals surface area contributed by atoms with E-state index in [4.69, 9.17) is 0 Å². The standard InChI is InChI=1S/C19H11F4N3/c20-13-7-5-12(6-8-13)16-11-17(14-3-1-2-4-15(14)24-16)26-10-9-18(25-26)19(21,22)23/h1-11H. The van der Waals surface area contributed by atoms with Crippen molar-refractivity contribution in [3.05, 3.63) is 78.4 Å². The summed E-state index contributed by atoms with van der Waals surface area (Å²) in [7, 11) is 0. The van der Waals surface area contributed by atoms with Crippen LogP contribution in [0.3, 0.4) is 0 Å². The fraction of sp³-hybridized carbons (Fsp3) is 0.0526. The molecule has 0 atom stereocenters. The monoisotopic (exact) mass is 357 g/mol. The second kappa shape index (κ2) is 5.94. The lowest BCUT2D eigenvalue weighted by atomic mass is 10.1. The van der Waals surface area contributed by atoms with Crippen molar-refractivity contribution >= 4 is 10.9 Å². The molecule has 0 N–H and O–H groups in total. The van der Waals surface area contributed by atoms with E-state index in [1.807, 2.05) is 0 Å². The zero-order chi connectivity index (χ0) is 18.3. The minimum absolute atomic E-state index is 0.378.